The molecule has 0 bridgehead atoms. The second-order valence-corrected chi connectivity index (χ2v) is 5.99. The summed E-state index contributed by atoms with van der Waals surface area (Å²) < 4.78 is 39.4. The fourth-order valence-corrected chi connectivity index (χ4v) is 2.47. The summed E-state index contributed by atoms with van der Waals surface area (Å²) in [5, 5.41) is 9.22. The van der Waals surface area contributed by atoms with Gasteiger partial charge in [0, 0.05) is 24.2 Å². The van der Waals surface area contributed by atoms with Gasteiger partial charge in [-0.1, -0.05) is 12.1 Å². The number of benzene rings is 1. The molecule has 7 nitrogen and oxygen atoms in total. The van der Waals surface area contributed by atoms with E-state index in [0.29, 0.717) is 16.8 Å². The zero-order valence-corrected chi connectivity index (χ0v) is 12.5. The van der Waals surface area contributed by atoms with E-state index in [1.807, 2.05) is 0 Å². The molecule has 0 aliphatic heterocycles. The standard InChI is InChI=1S/C14H12FN5O2S/c15-11-3-1-10(2-4-11)13-9-20(12-5-7-17-8-6-12)18-14(13)19-23(16,21)22/h1-9H,(H,18,19)(H2,16,21,22). The quantitative estimate of drug-likeness (QED) is 0.758. The summed E-state index contributed by atoms with van der Waals surface area (Å²) in [5.74, 6) is -0.341. The molecule has 0 saturated carbocycles. The van der Waals surface area contributed by atoms with Crippen molar-refractivity contribution in [3.63, 3.8) is 0 Å². The number of aromatic nitrogens is 3. The Morgan fingerprint density at radius 1 is 1.09 bits per heavy atom. The number of nitrogens with one attached hydrogen (secondary N) is 1. The van der Waals surface area contributed by atoms with E-state index in [1.54, 1.807) is 30.7 Å². The van der Waals surface area contributed by atoms with E-state index in [-0.39, 0.29) is 5.82 Å². The lowest BCUT2D eigenvalue weighted by Gasteiger charge is -2.03. The molecule has 2 aromatic heterocycles. The van der Waals surface area contributed by atoms with Gasteiger partial charge < -0.3 is 0 Å². The summed E-state index contributed by atoms with van der Waals surface area (Å²) in [6.45, 7) is 0. The van der Waals surface area contributed by atoms with Crippen molar-refractivity contribution < 1.29 is 12.8 Å². The topological polar surface area (TPSA) is 103 Å². The third-order valence-corrected chi connectivity index (χ3v) is 3.51. The van der Waals surface area contributed by atoms with Crippen molar-refractivity contribution in [2.75, 3.05) is 4.72 Å². The van der Waals surface area contributed by atoms with Crippen LogP contribution in [0.2, 0.25) is 0 Å². The Morgan fingerprint density at radius 3 is 2.35 bits per heavy atom. The third-order valence-electron chi connectivity index (χ3n) is 3.04. The smallest absolute Gasteiger partial charge is 0.265 e. The molecule has 0 aliphatic rings. The minimum atomic E-state index is -4.00. The highest BCUT2D eigenvalue weighted by atomic mass is 32.2. The van der Waals surface area contributed by atoms with E-state index in [0.717, 1.165) is 0 Å². The van der Waals surface area contributed by atoms with Crippen molar-refractivity contribution in [2.24, 2.45) is 5.14 Å². The number of rotatable bonds is 4. The zero-order valence-electron chi connectivity index (χ0n) is 11.7. The summed E-state index contributed by atoms with van der Waals surface area (Å²) in [7, 11) is -4.00. The fraction of sp³-hybridized carbons (Fsp3) is 0. The van der Waals surface area contributed by atoms with Crippen molar-refractivity contribution in [2.45, 2.75) is 0 Å². The van der Waals surface area contributed by atoms with Gasteiger partial charge in [0.25, 0.3) is 10.2 Å². The average molecular weight is 333 g/mol. The minimum Gasteiger partial charge on any atom is -0.265 e. The fourth-order valence-electron chi connectivity index (χ4n) is 2.05. The van der Waals surface area contributed by atoms with E-state index in [2.05, 4.69) is 14.8 Å². The molecular weight excluding hydrogens is 321 g/mol. The molecule has 118 valence electrons. The first-order chi connectivity index (χ1) is 10.9. The number of nitrogens with zero attached hydrogens (tertiary/aromatic N) is 3. The monoisotopic (exact) mass is 333 g/mol. The molecule has 0 atom stereocenters. The first-order valence-electron chi connectivity index (χ1n) is 6.49. The van der Waals surface area contributed by atoms with Crippen LogP contribution in [0.25, 0.3) is 16.8 Å². The van der Waals surface area contributed by atoms with Gasteiger partial charge in [-0.3, -0.25) is 9.71 Å². The summed E-state index contributed by atoms with van der Waals surface area (Å²) in [6.07, 6.45) is 4.79. The van der Waals surface area contributed by atoms with Gasteiger partial charge in [0.05, 0.1) is 5.69 Å². The Hall–Kier alpha value is -2.78. The summed E-state index contributed by atoms with van der Waals surface area (Å²) in [4.78, 5) is 3.91. The predicted octanol–water partition coefficient (Wildman–Crippen LogP) is 1.69. The maximum atomic E-state index is 13.1. The molecule has 0 fully saturated rings. The highest BCUT2D eigenvalue weighted by Gasteiger charge is 2.15. The molecule has 1 aromatic carbocycles. The Labute approximate surface area is 131 Å². The lowest BCUT2D eigenvalue weighted by atomic mass is 10.1. The number of hydrogen-bond acceptors (Lipinski definition) is 4. The second kappa shape index (κ2) is 5.78. The average Bonchev–Trinajstić information content (AvgIpc) is 2.91. The van der Waals surface area contributed by atoms with E-state index in [1.165, 1.54) is 28.9 Å². The normalized spacial score (nSPS) is 11.4. The van der Waals surface area contributed by atoms with Crippen LogP contribution in [0.15, 0.2) is 55.0 Å². The first-order valence-corrected chi connectivity index (χ1v) is 8.03. The van der Waals surface area contributed by atoms with Gasteiger partial charge in [0.15, 0.2) is 5.82 Å². The van der Waals surface area contributed by atoms with Crippen LogP contribution in [0, 0.1) is 5.82 Å². The zero-order chi connectivity index (χ0) is 16.4. The Kier molecular flexibility index (Phi) is 3.80. The molecule has 0 aliphatic carbocycles. The number of halogens is 1. The molecule has 3 rings (SSSR count). The van der Waals surface area contributed by atoms with Gasteiger partial charge in [-0.15, -0.1) is 5.10 Å². The van der Waals surface area contributed by atoms with Crippen LogP contribution >= 0.6 is 0 Å². The van der Waals surface area contributed by atoms with Crippen LogP contribution in [-0.2, 0) is 10.2 Å². The van der Waals surface area contributed by atoms with Crippen molar-refractivity contribution >= 4 is 16.0 Å². The molecule has 0 unspecified atom stereocenters. The Bertz CT molecular complexity index is 924. The molecule has 23 heavy (non-hydrogen) atoms. The van der Waals surface area contributed by atoms with E-state index in [9.17, 15) is 12.8 Å². The van der Waals surface area contributed by atoms with Crippen molar-refractivity contribution in [1.82, 2.24) is 14.8 Å². The van der Waals surface area contributed by atoms with Gasteiger partial charge in [0.2, 0.25) is 0 Å². The van der Waals surface area contributed by atoms with Crippen LogP contribution in [-0.4, -0.2) is 23.2 Å². The number of pyridine rings is 1. The van der Waals surface area contributed by atoms with E-state index < -0.39 is 16.0 Å². The van der Waals surface area contributed by atoms with Crippen LogP contribution in [0.5, 0.6) is 0 Å². The van der Waals surface area contributed by atoms with Crippen LogP contribution in [0.4, 0.5) is 10.2 Å². The maximum absolute atomic E-state index is 13.1. The van der Waals surface area contributed by atoms with Crippen molar-refractivity contribution in [1.29, 1.82) is 0 Å². The van der Waals surface area contributed by atoms with Gasteiger partial charge >= 0.3 is 0 Å². The van der Waals surface area contributed by atoms with Gasteiger partial charge in [0.1, 0.15) is 5.82 Å². The minimum absolute atomic E-state index is 0.0518. The van der Waals surface area contributed by atoms with Gasteiger partial charge in [-0.05, 0) is 29.8 Å². The largest absolute Gasteiger partial charge is 0.297 e. The van der Waals surface area contributed by atoms with Crippen molar-refractivity contribution in [3.8, 4) is 16.8 Å². The van der Waals surface area contributed by atoms with Gasteiger partial charge in [-0.25, -0.2) is 14.2 Å². The Balaban J connectivity index is 2.12. The molecule has 3 N–H and O–H groups in total. The molecule has 3 aromatic rings. The lowest BCUT2D eigenvalue weighted by molar-refractivity contribution is 0.602. The number of hydrogen-bond donors (Lipinski definition) is 2. The summed E-state index contributed by atoms with van der Waals surface area (Å²) in [5.41, 5.74) is 1.75. The number of anilines is 1. The lowest BCUT2D eigenvalue weighted by Crippen LogP contribution is -2.22. The molecule has 0 spiro atoms. The molecule has 0 radical (unpaired) electrons. The molecule has 0 saturated heterocycles. The van der Waals surface area contributed by atoms with Crippen LogP contribution in [0.3, 0.4) is 0 Å². The van der Waals surface area contributed by atoms with Crippen molar-refractivity contribution in [3.05, 3.63) is 60.8 Å². The first kappa shape index (κ1) is 15.1. The number of nitrogens with two attached hydrogens (primary N) is 1. The highest BCUT2D eigenvalue weighted by Crippen LogP contribution is 2.28. The van der Waals surface area contributed by atoms with Crippen LogP contribution in [0.1, 0.15) is 0 Å². The second-order valence-electron chi connectivity index (χ2n) is 4.70. The van der Waals surface area contributed by atoms with E-state index in [4.69, 9.17) is 5.14 Å². The highest BCUT2D eigenvalue weighted by molar-refractivity contribution is 7.90. The SMILES string of the molecule is NS(=O)(=O)Nc1nn(-c2ccncc2)cc1-c1ccc(F)cc1. The van der Waals surface area contributed by atoms with Gasteiger partial charge in [-0.2, -0.15) is 8.42 Å². The maximum Gasteiger partial charge on any atom is 0.297 e. The summed E-state index contributed by atoms with van der Waals surface area (Å²) in [6, 6.07) is 9.03. The molecule has 0 amide bonds. The molecular formula is C14H12FN5O2S. The third kappa shape index (κ3) is 3.52. The Morgan fingerprint density at radius 2 is 1.74 bits per heavy atom. The molecule has 2 heterocycles. The predicted molar refractivity (Wildman–Crippen MR) is 83.5 cm³/mol. The summed E-state index contributed by atoms with van der Waals surface area (Å²) >= 11 is 0. The van der Waals surface area contributed by atoms with Crippen LogP contribution < -0.4 is 9.86 Å². The van der Waals surface area contributed by atoms with E-state index >= 15 is 0 Å². The molecule has 9 heteroatoms.